The van der Waals surface area contributed by atoms with Crippen LogP contribution in [-0.4, -0.2) is 12.9 Å². The fraction of sp³-hybridized carbons (Fsp3) is 0.333. The lowest BCUT2D eigenvalue weighted by Crippen LogP contribution is -2.17. The Kier molecular flexibility index (Phi) is 3.22. The van der Waals surface area contributed by atoms with Gasteiger partial charge in [0.1, 0.15) is 5.75 Å². The standard InChI is InChI=1S/C9H10F3NO/c1-2-13-7-3-5-8(6-4-7)14-9(10,11)12/h3-6,13H,2H2,1H3. The van der Waals surface area contributed by atoms with Crippen LogP contribution < -0.4 is 10.1 Å². The van der Waals surface area contributed by atoms with E-state index in [9.17, 15) is 13.2 Å². The van der Waals surface area contributed by atoms with Crippen LogP contribution in [0.1, 0.15) is 6.92 Å². The number of hydrogen-bond acceptors (Lipinski definition) is 2. The SMILES string of the molecule is CCNc1ccc(OC(F)(F)F)cc1. The number of nitrogens with one attached hydrogen (secondary N) is 1. The van der Waals surface area contributed by atoms with Crippen LogP contribution >= 0.6 is 0 Å². The summed E-state index contributed by atoms with van der Waals surface area (Å²) in [5.41, 5.74) is 0.766. The molecule has 0 radical (unpaired) electrons. The molecule has 2 nitrogen and oxygen atoms in total. The number of anilines is 1. The number of benzene rings is 1. The molecule has 0 saturated heterocycles. The third kappa shape index (κ3) is 3.55. The Balaban J connectivity index is 2.64. The van der Waals surface area contributed by atoms with Crippen LogP contribution in [0.3, 0.4) is 0 Å². The molecule has 78 valence electrons. The van der Waals surface area contributed by atoms with Crippen molar-refractivity contribution < 1.29 is 17.9 Å². The molecule has 0 aliphatic rings. The van der Waals surface area contributed by atoms with Crippen molar-refractivity contribution >= 4 is 5.69 Å². The first-order valence-electron chi connectivity index (χ1n) is 4.11. The van der Waals surface area contributed by atoms with E-state index in [2.05, 4.69) is 10.1 Å². The fourth-order valence-corrected chi connectivity index (χ4v) is 0.979. The van der Waals surface area contributed by atoms with E-state index in [-0.39, 0.29) is 5.75 Å². The predicted molar refractivity (Wildman–Crippen MR) is 47.3 cm³/mol. The second kappa shape index (κ2) is 4.21. The van der Waals surface area contributed by atoms with Crippen molar-refractivity contribution in [1.29, 1.82) is 0 Å². The molecule has 0 amide bonds. The first kappa shape index (κ1) is 10.7. The summed E-state index contributed by atoms with van der Waals surface area (Å²) in [5, 5.41) is 2.96. The van der Waals surface area contributed by atoms with Crippen LogP contribution in [0, 0.1) is 0 Å². The first-order valence-corrected chi connectivity index (χ1v) is 4.11. The molecule has 0 aromatic heterocycles. The third-order valence-electron chi connectivity index (χ3n) is 1.47. The van der Waals surface area contributed by atoms with Crippen LogP contribution in [0.15, 0.2) is 24.3 Å². The Morgan fingerprint density at radius 1 is 1.21 bits per heavy atom. The second-order valence-corrected chi connectivity index (χ2v) is 2.60. The van der Waals surface area contributed by atoms with Crippen molar-refractivity contribution in [2.75, 3.05) is 11.9 Å². The van der Waals surface area contributed by atoms with E-state index in [1.54, 1.807) is 0 Å². The van der Waals surface area contributed by atoms with Crippen molar-refractivity contribution in [3.8, 4) is 5.75 Å². The highest BCUT2D eigenvalue weighted by atomic mass is 19.4. The van der Waals surface area contributed by atoms with Gasteiger partial charge >= 0.3 is 6.36 Å². The van der Waals surface area contributed by atoms with Gasteiger partial charge in [-0.25, -0.2) is 0 Å². The van der Waals surface area contributed by atoms with Gasteiger partial charge in [-0.2, -0.15) is 0 Å². The summed E-state index contributed by atoms with van der Waals surface area (Å²) in [4.78, 5) is 0. The molecule has 0 saturated carbocycles. The van der Waals surface area contributed by atoms with E-state index < -0.39 is 6.36 Å². The van der Waals surface area contributed by atoms with E-state index in [0.717, 1.165) is 12.2 Å². The van der Waals surface area contributed by atoms with E-state index in [0.29, 0.717) is 0 Å². The molecule has 0 unspecified atom stereocenters. The highest BCUT2D eigenvalue weighted by molar-refractivity contribution is 5.46. The van der Waals surface area contributed by atoms with Gasteiger partial charge in [0.25, 0.3) is 0 Å². The number of rotatable bonds is 3. The van der Waals surface area contributed by atoms with Crippen LogP contribution in [0.25, 0.3) is 0 Å². The van der Waals surface area contributed by atoms with E-state index >= 15 is 0 Å². The van der Waals surface area contributed by atoms with Gasteiger partial charge in [0, 0.05) is 12.2 Å². The zero-order valence-electron chi connectivity index (χ0n) is 7.56. The molecular weight excluding hydrogens is 195 g/mol. The number of ether oxygens (including phenoxy) is 1. The molecule has 0 bridgehead atoms. The van der Waals surface area contributed by atoms with Crippen molar-refractivity contribution in [1.82, 2.24) is 0 Å². The summed E-state index contributed by atoms with van der Waals surface area (Å²) < 4.78 is 39.0. The van der Waals surface area contributed by atoms with Crippen LogP contribution in [0.4, 0.5) is 18.9 Å². The number of halogens is 3. The average molecular weight is 205 g/mol. The lowest BCUT2D eigenvalue weighted by Gasteiger charge is -2.09. The third-order valence-corrected chi connectivity index (χ3v) is 1.47. The molecule has 1 rings (SSSR count). The summed E-state index contributed by atoms with van der Waals surface area (Å²) in [7, 11) is 0. The Morgan fingerprint density at radius 2 is 1.79 bits per heavy atom. The quantitative estimate of drug-likeness (QED) is 0.818. The Bertz CT molecular complexity index is 281. The van der Waals surface area contributed by atoms with Crippen LogP contribution in [0.2, 0.25) is 0 Å². The summed E-state index contributed by atoms with van der Waals surface area (Å²) in [5.74, 6) is -0.209. The zero-order chi connectivity index (χ0) is 10.6. The summed E-state index contributed by atoms with van der Waals surface area (Å²) >= 11 is 0. The van der Waals surface area contributed by atoms with Gasteiger partial charge in [0.2, 0.25) is 0 Å². The maximum Gasteiger partial charge on any atom is 0.573 e. The maximum atomic E-state index is 11.8. The molecule has 5 heteroatoms. The van der Waals surface area contributed by atoms with Gasteiger partial charge < -0.3 is 10.1 Å². The number of alkyl halides is 3. The summed E-state index contributed by atoms with van der Waals surface area (Å²) in [6.45, 7) is 2.62. The Morgan fingerprint density at radius 3 is 2.21 bits per heavy atom. The van der Waals surface area contributed by atoms with Crippen molar-refractivity contribution in [3.05, 3.63) is 24.3 Å². The molecule has 1 aromatic rings. The molecule has 0 spiro atoms. The molecule has 0 atom stereocenters. The van der Waals surface area contributed by atoms with Gasteiger partial charge in [-0.15, -0.1) is 13.2 Å². The molecule has 0 fully saturated rings. The average Bonchev–Trinajstić information content (AvgIpc) is 2.06. The molecule has 14 heavy (non-hydrogen) atoms. The fourth-order valence-electron chi connectivity index (χ4n) is 0.979. The van der Waals surface area contributed by atoms with Gasteiger partial charge in [-0.3, -0.25) is 0 Å². The van der Waals surface area contributed by atoms with Gasteiger partial charge in [-0.05, 0) is 31.2 Å². The Labute approximate surface area is 79.7 Å². The normalized spacial score (nSPS) is 11.1. The van der Waals surface area contributed by atoms with Crippen LogP contribution in [0.5, 0.6) is 5.75 Å². The molecule has 1 N–H and O–H groups in total. The van der Waals surface area contributed by atoms with Gasteiger partial charge in [0.15, 0.2) is 0 Å². The zero-order valence-corrected chi connectivity index (χ0v) is 7.56. The molecule has 0 aliphatic heterocycles. The topological polar surface area (TPSA) is 21.3 Å². The van der Waals surface area contributed by atoms with Crippen molar-refractivity contribution in [3.63, 3.8) is 0 Å². The summed E-state index contributed by atoms with van der Waals surface area (Å²) in [6.07, 6.45) is -4.63. The number of hydrogen-bond donors (Lipinski definition) is 1. The van der Waals surface area contributed by atoms with Crippen molar-refractivity contribution in [2.24, 2.45) is 0 Å². The molecular formula is C9H10F3NO. The summed E-state index contributed by atoms with van der Waals surface area (Å²) in [6, 6.07) is 5.60. The minimum atomic E-state index is -4.63. The highest BCUT2D eigenvalue weighted by Gasteiger charge is 2.30. The van der Waals surface area contributed by atoms with E-state index in [4.69, 9.17) is 0 Å². The second-order valence-electron chi connectivity index (χ2n) is 2.60. The smallest absolute Gasteiger partial charge is 0.406 e. The van der Waals surface area contributed by atoms with Gasteiger partial charge in [0.05, 0.1) is 0 Å². The lowest BCUT2D eigenvalue weighted by molar-refractivity contribution is -0.274. The van der Waals surface area contributed by atoms with Gasteiger partial charge in [-0.1, -0.05) is 0 Å². The molecule has 0 heterocycles. The predicted octanol–water partition coefficient (Wildman–Crippen LogP) is 3.02. The highest BCUT2D eigenvalue weighted by Crippen LogP contribution is 2.23. The van der Waals surface area contributed by atoms with Crippen molar-refractivity contribution in [2.45, 2.75) is 13.3 Å². The Hall–Kier alpha value is -1.39. The minimum Gasteiger partial charge on any atom is -0.406 e. The maximum absolute atomic E-state index is 11.8. The largest absolute Gasteiger partial charge is 0.573 e. The lowest BCUT2D eigenvalue weighted by atomic mass is 10.3. The van der Waals surface area contributed by atoms with E-state index in [1.165, 1.54) is 24.3 Å². The molecule has 1 aromatic carbocycles. The molecule has 0 aliphatic carbocycles. The van der Waals surface area contributed by atoms with E-state index in [1.807, 2.05) is 6.92 Å². The monoisotopic (exact) mass is 205 g/mol. The minimum absolute atomic E-state index is 0.209. The van der Waals surface area contributed by atoms with Crippen LogP contribution in [-0.2, 0) is 0 Å². The first-order chi connectivity index (χ1) is 6.51.